The summed E-state index contributed by atoms with van der Waals surface area (Å²) in [5.74, 6) is -3.19. The molecule has 1 aromatic carbocycles. The van der Waals surface area contributed by atoms with E-state index in [9.17, 15) is 24.0 Å². The van der Waals surface area contributed by atoms with Crippen molar-refractivity contribution in [3.05, 3.63) is 35.4 Å². The zero-order valence-corrected chi connectivity index (χ0v) is 20.7. The van der Waals surface area contributed by atoms with Crippen molar-refractivity contribution >= 4 is 30.0 Å². The molecule has 0 fully saturated rings. The highest BCUT2D eigenvalue weighted by atomic mass is 16.4. The lowest BCUT2D eigenvalue weighted by Crippen LogP contribution is -2.47. The number of carbonyl (C=O) groups excluding carboxylic acids is 2. The maximum absolute atomic E-state index is 11.7. The molecule has 0 aliphatic rings. The number of amides is 4. The number of aliphatic carboxylic acids is 3. The van der Waals surface area contributed by atoms with Crippen molar-refractivity contribution in [1.82, 2.24) is 21.3 Å². The predicted octanol–water partition coefficient (Wildman–Crippen LogP) is 2.31. The fourth-order valence-corrected chi connectivity index (χ4v) is 2.36. The summed E-state index contributed by atoms with van der Waals surface area (Å²) in [4.78, 5) is 54.1. The molecule has 0 spiro atoms. The van der Waals surface area contributed by atoms with Crippen LogP contribution in [0.5, 0.6) is 0 Å². The van der Waals surface area contributed by atoms with Crippen LogP contribution in [0.15, 0.2) is 24.3 Å². The minimum atomic E-state index is -1.23. The number of benzene rings is 1. The van der Waals surface area contributed by atoms with Crippen molar-refractivity contribution in [2.75, 3.05) is 13.1 Å². The summed E-state index contributed by atoms with van der Waals surface area (Å²) in [6.07, 6.45) is 1.36. The van der Waals surface area contributed by atoms with Crippen LogP contribution in [0.3, 0.4) is 0 Å². The highest BCUT2D eigenvalue weighted by molar-refractivity contribution is 5.84. The summed E-state index contributed by atoms with van der Waals surface area (Å²) in [6, 6.07) is 5.47. The van der Waals surface area contributed by atoms with E-state index in [1.807, 2.05) is 50.4 Å². The third kappa shape index (κ3) is 20.5. The van der Waals surface area contributed by atoms with Crippen LogP contribution < -0.4 is 21.3 Å². The number of carbonyl (C=O) groups is 5. The third-order valence-corrected chi connectivity index (χ3v) is 4.05. The Hall–Kier alpha value is -3.83. The first-order chi connectivity index (χ1) is 16.5. The van der Waals surface area contributed by atoms with Gasteiger partial charge in [-0.1, -0.05) is 50.6 Å². The lowest BCUT2D eigenvalue weighted by molar-refractivity contribution is -0.139. The molecule has 35 heavy (non-hydrogen) atoms. The van der Waals surface area contributed by atoms with Crippen LogP contribution in [0.4, 0.5) is 9.59 Å². The molecule has 198 valence electrons. The molecule has 0 aliphatic carbocycles. The number of rotatable bonds is 12. The summed E-state index contributed by atoms with van der Waals surface area (Å²) in [5.41, 5.74) is 2.10. The quantitative estimate of drug-likeness (QED) is 0.213. The van der Waals surface area contributed by atoms with E-state index in [4.69, 9.17) is 15.3 Å². The Labute approximate surface area is 205 Å². The average Bonchev–Trinajstić information content (AvgIpc) is 2.82. The first-order valence-electron chi connectivity index (χ1n) is 11.3. The van der Waals surface area contributed by atoms with E-state index in [1.165, 1.54) is 0 Å². The largest absolute Gasteiger partial charge is 0.481 e. The average molecular weight is 499 g/mol. The molecular weight excluding hydrogens is 460 g/mol. The highest BCUT2D eigenvalue weighted by Gasteiger charge is 2.19. The van der Waals surface area contributed by atoms with E-state index < -0.39 is 36.5 Å². The van der Waals surface area contributed by atoms with E-state index in [-0.39, 0.29) is 18.9 Å². The Bertz CT molecular complexity index is 801. The summed E-state index contributed by atoms with van der Waals surface area (Å²) in [5, 5.41) is 34.9. The maximum atomic E-state index is 11.7. The summed E-state index contributed by atoms with van der Waals surface area (Å²) in [6.45, 7) is 7.74. The Morgan fingerprint density at radius 3 is 2.03 bits per heavy atom. The lowest BCUT2D eigenvalue weighted by Gasteiger charge is -2.14. The Balaban J connectivity index is 0. The van der Waals surface area contributed by atoms with Gasteiger partial charge in [0.15, 0.2) is 0 Å². The van der Waals surface area contributed by atoms with E-state index in [0.29, 0.717) is 25.9 Å². The molecule has 12 nitrogen and oxygen atoms in total. The van der Waals surface area contributed by atoms with Gasteiger partial charge in [-0.3, -0.25) is 9.59 Å². The van der Waals surface area contributed by atoms with E-state index in [0.717, 1.165) is 11.1 Å². The van der Waals surface area contributed by atoms with Crippen LogP contribution in [0.25, 0.3) is 0 Å². The maximum Gasteiger partial charge on any atom is 0.326 e. The van der Waals surface area contributed by atoms with Gasteiger partial charge in [0, 0.05) is 19.5 Å². The fourth-order valence-electron chi connectivity index (χ4n) is 2.36. The molecule has 1 atom stereocenters. The van der Waals surface area contributed by atoms with Crippen LogP contribution in [0.2, 0.25) is 0 Å². The van der Waals surface area contributed by atoms with Crippen LogP contribution >= 0.6 is 0 Å². The van der Waals surface area contributed by atoms with Gasteiger partial charge in [0.25, 0.3) is 0 Å². The monoisotopic (exact) mass is 498 g/mol. The van der Waals surface area contributed by atoms with Gasteiger partial charge in [-0.25, -0.2) is 14.4 Å². The normalized spacial score (nSPS) is 10.2. The first-order valence-corrected chi connectivity index (χ1v) is 11.3. The van der Waals surface area contributed by atoms with Crippen molar-refractivity contribution in [2.24, 2.45) is 0 Å². The van der Waals surface area contributed by atoms with Crippen LogP contribution in [-0.4, -0.2) is 64.4 Å². The number of hydrogen-bond donors (Lipinski definition) is 7. The molecule has 4 amide bonds. The van der Waals surface area contributed by atoms with Gasteiger partial charge in [-0.2, -0.15) is 0 Å². The van der Waals surface area contributed by atoms with Crippen LogP contribution in [0.1, 0.15) is 57.6 Å². The van der Waals surface area contributed by atoms with Gasteiger partial charge >= 0.3 is 30.0 Å². The van der Waals surface area contributed by atoms with Crippen molar-refractivity contribution in [3.8, 4) is 0 Å². The van der Waals surface area contributed by atoms with Gasteiger partial charge in [0.1, 0.15) is 12.6 Å². The van der Waals surface area contributed by atoms with Crippen LogP contribution in [0, 0.1) is 6.92 Å². The highest BCUT2D eigenvalue weighted by Crippen LogP contribution is 2.03. The van der Waals surface area contributed by atoms with E-state index in [2.05, 4.69) is 16.0 Å². The fraction of sp³-hybridized carbons (Fsp3) is 0.522. The molecule has 0 radical (unpaired) electrons. The van der Waals surface area contributed by atoms with Gasteiger partial charge < -0.3 is 36.6 Å². The molecule has 0 saturated carbocycles. The van der Waals surface area contributed by atoms with E-state index >= 15 is 0 Å². The number of nitrogens with one attached hydrogen (secondary N) is 4. The molecule has 1 unspecified atom stereocenters. The molecular formula is C23H38N4O8. The second-order valence-electron chi connectivity index (χ2n) is 6.95. The molecule has 0 heterocycles. The molecule has 12 heteroatoms. The minimum Gasteiger partial charge on any atom is -0.481 e. The topological polar surface area (TPSA) is 194 Å². The number of hydrogen-bond acceptors (Lipinski definition) is 5. The number of carboxylic acid groups (broad SMARTS) is 3. The molecule has 1 rings (SSSR count). The number of unbranched alkanes of at least 4 members (excludes halogenated alkanes) is 1. The Kier molecular flexibility index (Phi) is 19.8. The second kappa shape index (κ2) is 20.8. The standard InChI is InChI=1S/C18H26N4O6.C3H6O2.C2H6/c1-12-5-4-6-13(9-12)10-20-17(27)19-8-3-2-7-14(16(25)26)22-18(28)21-11-15(23)24;1-2-3(4)5;1-2/h4-6,9,14H,2-3,7-8,10-11H2,1H3,(H,23,24)(H,25,26)(H2,19,20,27)(H2,21,22,28);2H2,1H3,(H,4,5);1-2H3. The van der Waals surface area contributed by atoms with Gasteiger partial charge in [0.05, 0.1) is 0 Å². The van der Waals surface area contributed by atoms with Crippen molar-refractivity contribution in [3.63, 3.8) is 0 Å². The molecule has 0 aliphatic heterocycles. The summed E-state index contributed by atoms with van der Waals surface area (Å²) in [7, 11) is 0. The van der Waals surface area contributed by atoms with Crippen molar-refractivity contribution < 1.29 is 39.3 Å². The second-order valence-corrected chi connectivity index (χ2v) is 6.95. The Morgan fingerprint density at radius 1 is 0.886 bits per heavy atom. The smallest absolute Gasteiger partial charge is 0.326 e. The lowest BCUT2D eigenvalue weighted by atomic mass is 10.1. The zero-order chi connectivity index (χ0) is 27.2. The molecule has 0 aromatic heterocycles. The van der Waals surface area contributed by atoms with Crippen LogP contribution in [-0.2, 0) is 20.9 Å². The molecule has 7 N–H and O–H groups in total. The van der Waals surface area contributed by atoms with Crippen molar-refractivity contribution in [1.29, 1.82) is 0 Å². The van der Waals surface area contributed by atoms with Gasteiger partial charge in [-0.05, 0) is 31.7 Å². The predicted molar refractivity (Wildman–Crippen MR) is 130 cm³/mol. The van der Waals surface area contributed by atoms with Gasteiger partial charge in [0.2, 0.25) is 0 Å². The molecule has 0 saturated heterocycles. The third-order valence-electron chi connectivity index (χ3n) is 4.05. The van der Waals surface area contributed by atoms with Crippen molar-refractivity contribution in [2.45, 2.75) is 66.0 Å². The Morgan fingerprint density at radius 2 is 1.51 bits per heavy atom. The number of urea groups is 2. The number of aryl methyl sites for hydroxylation is 1. The summed E-state index contributed by atoms with van der Waals surface area (Å²) < 4.78 is 0. The molecule has 0 bridgehead atoms. The summed E-state index contributed by atoms with van der Waals surface area (Å²) >= 11 is 0. The zero-order valence-electron chi connectivity index (χ0n) is 20.7. The van der Waals surface area contributed by atoms with Gasteiger partial charge in [-0.15, -0.1) is 0 Å². The minimum absolute atomic E-state index is 0.155. The molecule has 1 aromatic rings. The number of carboxylic acids is 3. The van der Waals surface area contributed by atoms with E-state index in [1.54, 1.807) is 6.92 Å². The first kappa shape index (κ1) is 33.3. The SMILES string of the molecule is CC.CCC(=O)O.Cc1cccc(CNC(=O)NCCCCC(NC(=O)NCC(=O)O)C(=O)O)c1.